The molecule has 0 aliphatic rings. The minimum Gasteiger partial charge on any atom is -0.388 e. The summed E-state index contributed by atoms with van der Waals surface area (Å²) in [6.07, 6.45) is 0.198. The van der Waals surface area contributed by atoms with Gasteiger partial charge in [0, 0.05) is 5.88 Å². The minimum absolute atomic E-state index is 0.419. The smallest absolute Gasteiger partial charge is 0.0804 e. The first-order valence-electron chi connectivity index (χ1n) is 4.46. The zero-order chi connectivity index (χ0) is 9.84. The van der Waals surface area contributed by atoms with Crippen molar-refractivity contribution in [3.05, 3.63) is 34.9 Å². The van der Waals surface area contributed by atoms with E-state index in [4.69, 9.17) is 11.6 Å². The average Bonchev–Trinajstić information content (AvgIpc) is 2.09. The maximum atomic E-state index is 9.74. The maximum absolute atomic E-state index is 9.74. The van der Waals surface area contributed by atoms with Crippen LogP contribution in [-0.2, 0) is 0 Å². The number of rotatable bonds is 3. The topological polar surface area (TPSA) is 20.2 Å². The second-order valence-corrected chi connectivity index (χ2v) is 3.73. The van der Waals surface area contributed by atoms with Crippen molar-refractivity contribution in [3.63, 3.8) is 0 Å². The predicted molar refractivity (Wildman–Crippen MR) is 56.2 cm³/mol. The Morgan fingerprint density at radius 2 is 2.08 bits per heavy atom. The Kier molecular flexibility index (Phi) is 3.76. The van der Waals surface area contributed by atoms with Crippen LogP contribution < -0.4 is 0 Å². The molecule has 0 aliphatic carbocycles. The van der Waals surface area contributed by atoms with E-state index in [9.17, 15) is 5.11 Å². The molecule has 0 saturated heterocycles. The van der Waals surface area contributed by atoms with Crippen molar-refractivity contribution in [2.45, 2.75) is 26.4 Å². The first-order chi connectivity index (χ1) is 6.15. The highest BCUT2D eigenvalue weighted by Crippen LogP contribution is 2.21. The van der Waals surface area contributed by atoms with Gasteiger partial charge in [-0.1, -0.05) is 23.8 Å². The second kappa shape index (κ2) is 4.64. The van der Waals surface area contributed by atoms with Gasteiger partial charge in [-0.05, 0) is 31.4 Å². The molecule has 0 heterocycles. The van der Waals surface area contributed by atoms with Crippen LogP contribution >= 0.6 is 11.6 Å². The van der Waals surface area contributed by atoms with Crippen LogP contribution in [0, 0.1) is 13.8 Å². The van der Waals surface area contributed by atoms with Gasteiger partial charge >= 0.3 is 0 Å². The summed E-state index contributed by atoms with van der Waals surface area (Å²) in [6.45, 7) is 4.03. The number of alkyl halides is 1. The SMILES string of the molecule is Cc1ccc(C)c([C@H](O)CCCl)c1. The van der Waals surface area contributed by atoms with E-state index in [0.717, 1.165) is 11.1 Å². The third-order valence-corrected chi connectivity index (χ3v) is 2.39. The molecule has 0 unspecified atom stereocenters. The summed E-state index contributed by atoms with van der Waals surface area (Å²) in [4.78, 5) is 0. The summed E-state index contributed by atoms with van der Waals surface area (Å²) in [5, 5.41) is 9.74. The molecule has 13 heavy (non-hydrogen) atoms. The van der Waals surface area contributed by atoms with Gasteiger partial charge in [0.05, 0.1) is 6.10 Å². The monoisotopic (exact) mass is 198 g/mol. The lowest BCUT2D eigenvalue weighted by molar-refractivity contribution is 0.174. The molecule has 1 atom stereocenters. The van der Waals surface area contributed by atoms with Crippen molar-refractivity contribution < 1.29 is 5.11 Å². The van der Waals surface area contributed by atoms with E-state index in [0.29, 0.717) is 12.3 Å². The molecule has 1 nitrogen and oxygen atoms in total. The van der Waals surface area contributed by atoms with Crippen molar-refractivity contribution >= 4 is 11.6 Å². The summed E-state index contributed by atoms with van der Waals surface area (Å²) < 4.78 is 0. The zero-order valence-electron chi connectivity index (χ0n) is 8.05. The Labute approximate surface area is 84.4 Å². The standard InChI is InChI=1S/C11H15ClO/c1-8-3-4-9(2)10(7-8)11(13)5-6-12/h3-4,7,11,13H,5-6H2,1-2H3/t11-/m1/s1. The van der Waals surface area contributed by atoms with Gasteiger partial charge in [-0.2, -0.15) is 0 Å². The predicted octanol–water partition coefficient (Wildman–Crippen LogP) is 2.97. The van der Waals surface area contributed by atoms with Gasteiger partial charge in [-0.25, -0.2) is 0 Å². The van der Waals surface area contributed by atoms with Crippen LogP contribution in [0.1, 0.15) is 29.2 Å². The molecule has 1 aromatic rings. The van der Waals surface area contributed by atoms with E-state index in [1.165, 1.54) is 5.56 Å². The Bertz CT molecular complexity index is 283. The summed E-state index contributed by atoms with van der Waals surface area (Å²) in [5.74, 6) is 0.495. The summed E-state index contributed by atoms with van der Waals surface area (Å²) in [5.41, 5.74) is 3.30. The van der Waals surface area contributed by atoms with Gasteiger partial charge in [0.25, 0.3) is 0 Å². The summed E-state index contributed by atoms with van der Waals surface area (Å²) >= 11 is 5.58. The Hall–Kier alpha value is -0.530. The molecule has 0 aliphatic heterocycles. The maximum Gasteiger partial charge on any atom is 0.0804 e. The van der Waals surface area contributed by atoms with Crippen LogP contribution in [0.3, 0.4) is 0 Å². The minimum atomic E-state index is -0.419. The molecule has 0 bridgehead atoms. The van der Waals surface area contributed by atoms with E-state index in [2.05, 4.69) is 0 Å². The van der Waals surface area contributed by atoms with E-state index in [1.54, 1.807) is 0 Å². The number of hydrogen-bond donors (Lipinski definition) is 1. The van der Waals surface area contributed by atoms with Crippen LogP contribution in [0.25, 0.3) is 0 Å². The average molecular weight is 199 g/mol. The van der Waals surface area contributed by atoms with Gasteiger partial charge in [0.15, 0.2) is 0 Å². The van der Waals surface area contributed by atoms with E-state index >= 15 is 0 Å². The van der Waals surface area contributed by atoms with Crippen LogP contribution in [0.5, 0.6) is 0 Å². The Balaban J connectivity index is 2.91. The number of hydrogen-bond acceptors (Lipinski definition) is 1. The number of aryl methyl sites for hydroxylation is 2. The first kappa shape index (κ1) is 10.6. The van der Waals surface area contributed by atoms with Gasteiger partial charge in [0.1, 0.15) is 0 Å². The molecule has 1 N–H and O–H groups in total. The van der Waals surface area contributed by atoms with Crippen molar-refractivity contribution in [1.82, 2.24) is 0 Å². The molecule has 1 aromatic carbocycles. The Morgan fingerprint density at radius 1 is 1.38 bits per heavy atom. The number of halogens is 1. The lowest BCUT2D eigenvalue weighted by atomic mass is 9.99. The fourth-order valence-electron chi connectivity index (χ4n) is 1.38. The highest BCUT2D eigenvalue weighted by atomic mass is 35.5. The van der Waals surface area contributed by atoms with Crippen molar-refractivity contribution in [2.75, 3.05) is 5.88 Å². The number of benzene rings is 1. The largest absolute Gasteiger partial charge is 0.388 e. The number of aliphatic hydroxyl groups excluding tert-OH is 1. The van der Waals surface area contributed by atoms with Crippen LogP contribution in [-0.4, -0.2) is 11.0 Å². The lowest BCUT2D eigenvalue weighted by Gasteiger charge is -2.12. The highest BCUT2D eigenvalue weighted by Gasteiger charge is 2.09. The molecule has 72 valence electrons. The Morgan fingerprint density at radius 3 is 2.69 bits per heavy atom. The molecular weight excluding hydrogens is 184 g/mol. The molecule has 2 heteroatoms. The lowest BCUT2D eigenvalue weighted by Crippen LogP contribution is -2.01. The first-order valence-corrected chi connectivity index (χ1v) is 4.99. The molecule has 1 rings (SSSR count). The van der Waals surface area contributed by atoms with Crippen molar-refractivity contribution in [1.29, 1.82) is 0 Å². The van der Waals surface area contributed by atoms with Crippen molar-refractivity contribution in [3.8, 4) is 0 Å². The molecule has 0 radical (unpaired) electrons. The zero-order valence-corrected chi connectivity index (χ0v) is 8.80. The van der Waals surface area contributed by atoms with E-state index < -0.39 is 6.10 Å². The van der Waals surface area contributed by atoms with Gasteiger partial charge in [0.2, 0.25) is 0 Å². The van der Waals surface area contributed by atoms with Gasteiger partial charge in [-0.15, -0.1) is 11.6 Å². The molecule has 0 aromatic heterocycles. The molecule has 0 spiro atoms. The van der Waals surface area contributed by atoms with E-state index in [-0.39, 0.29) is 0 Å². The third kappa shape index (κ3) is 2.71. The third-order valence-electron chi connectivity index (χ3n) is 2.18. The second-order valence-electron chi connectivity index (χ2n) is 3.35. The van der Waals surface area contributed by atoms with Crippen molar-refractivity contribution in [2.24, 2.45) is 0 Å². The van der Waals surface area contributed by atoms with Gasteiger partial charge in [-0.3, -0.25) is 0 Å². The summed E-state index contributed by atoms with van der Waals surface area (Å²) in [6, 6.07) is 6.10. The van der Waals surface area contributed by atoms with Crippen LogP contribution in [0.4, 0.5) is 0 Å². The fraction of sp³-hybridized carbons (Fsp3) is 0.455. The van der Waals surface area contributed by atoms with E-state index in [1.807, 2.05) is 32.0 Å². The van der Waals surface area contributed by atoms with Crippen LogP contribution in [0.2, 0.25) is 0 Å². The van der Waals surface area contributed by atoms with Crippen LogP contribution in [0.15, 0.2) is 18.2 Å². The van der Waals surface area contributed by atoms with Gasteiger partial charge < -0.3 is 5.11 Å². The highest BCUT2D eigenvalue weighted by molar-refractivity contribution is 6.17. The summed E-state index contributed by atoms with van der Waals surface area (Å²) in [7, 11) is 0. The molecule has 0 amide bonds. The molecule has 0 fully saturated rings. The quantitative estimate of drug-likeness (QED) is 0.741. The number of aliphatic hydroxyl groups is 1. The fourth-order valence-corrected chi connectivity index (χ4v) is 1.58. The molecular formula is C11H15ClO. The molecule has 0 saturated carbocycles. The normalized spacial score (nSPS) is 12.9.